The minimum atomic E-state index is -3.97. The molecule has 176 valence electrons. The molecule has 0 aliphatic carbocycles. The summed E-state index contributed by atoms with van der Waals surface area (Å²) in [7, 11) is -2.82. The SMILES string of the molecule is COC(=O)/C(=C/C(=O)c1ccc(F)cc1)Nc1ccc(S(=O)(=O)Nc2nc(C)cc(C)n2)cc1. The van der Waals surface area contributed by atoms with Crippen LogP contribution in [0.5, 0.6) is 0 Å². The number of hydrogen-bond acceptors (Lipinski definition) is 8. The molecule has 2 aromatic carbocycles. The van der Waals surface area contributed by atoms with E-state index in [1.54, 1.807) is 19.9 Å². The highest BCUT2D eigenvalue weighted by Gasteiger charge is 2.18. The molecule has 0 saturated carbocycles. The number of ketones is 1. The molecule has 9 nitrogen and oxygen atoms in total. The Balaban J connectivity index is 1.80. The van der Waals surface area contributed by atoms with E-state index < -0.39 is 27.6 Å². The first-order chi connectivity index (χ1) is 16.1. The molecule has 34 heavy (non-hydrogen) atoms. The lowest BCUT2D eigenvalue weighted by Crippen LogP contribution is -2.16. The van der Waals surface area contributed by atoms with Crippen molar-refractivity contribution in [3.8, 4) is 0 Å². The zero-order valence-electron chi connectivity index (χ0n) is 18.5. The second kappa shape index (κ2) is 10.2. The van der Waals surface area contributed by atoms with Crippen LogP contribution in [0.2, 0.25) is 0 Å². The molecule has 2 N–H and O–H groups in total. The fraction of sp³-hybridized carbons (Fsp3) is 0.130. The van der Waals surface area contributed by atoms with Crippen molar-refractivity contribution in [2.45, 2.75) is 18.7 Å². The van der Waals surface area contributed by atoms with Crippen LogP contribution in [0.3, 0.4) is 0 Å². The van der Waals surface area contributed by atoms with Crippen LogP contribution in [-0.2, 0) is 19.6 Å². The molecule has 1 heterocycles. The zero-order chi connectivity index (χ0) is 24.9. The highest BCUT2D eigenvalue weighted by atomic mass is 32.2. The van der Waals surface area contributed by atoms with E-state index in [0.717, 1.165) is 25.3 Å². The van der Waals surface area contributed by atoms with E-state index in [-0.39, 0.29) is 22.1 Å². The van der Waals surface area contributed by atoms with Crippen LogP contribution in [0, 0.1) is 19.7 Å². The van der Waals surface area contributed by atoms with E-state index in [1.807, 2.05) is 0 Å². The van der Waals surface area contributed by atoms with E-state index in [0.29, 0.717) is 17.1 Å². The zero-order valence-corrected chi connectivity index (χ0v) is 19.3. The van der Waals surface area contributed by atoms with Crippen LogP contribution in [0.4, 0.5) is 16.0 Å². The Labute approximate surface area is 195 Å². The van der Waals surface area contributed by atoms with Crippen molar-refractivity contribution < 1.29 is 27.1 Å². The third-order valence-electron chi connectivity index (χ3n) is 4.46. The molecule has 0 aliphatic rings. The molecular formula is C23H21FN4O5S. The van der Waals surface area contributed by atoms with Crippen molar-refractivity contribution >= 4 is 33.4 Å². The third kappa shape index (κ3) is 6.23. The van der Waals surface area contributed by atoms with Crippen molar-refractivity contribution in [2.24, 2.45) is 0 Å². The van der Waals surface area contributed by atoms with Crippen LogP contribution < -0.4 is 10.0 Å². The summed E-state index contributed by atoms with van der Waals surface area (Å²) in [6, 6.07) is 12.0. The van der Waals surface area contributed by atoms with Gasteiger partial charge in [0, 0.05) is 28.7 Å². The number of hydrogen-bond donors (Lipinski definition) is 2. The normalized spacial score (nSPS) is 11.6. The summed E-state index contributed by atoms with van der Waals surface area (Å²) < 4.78 is 45.5. The van der Waals surface area contributed by atoms with Crippen LogP contribution in [0.15, 0.2) is 71.3 Å². The molecule has 0 fully saturated rings. The molecule has 0 spiro atoms. The summed E-state index contributed by atoms with van der Waals surface area (Å²) in [4.78, 5) is 32.6. The molecule has 0 saturated heterocycles. The van der Waals surface area contributed by atoms with Gasteiger partial charge in [-0.2, -0.15) is 0 Å². The quantitative estimate of drug-likeness (QED) is 0.283. The van der Waals surface area contributed by atoms with Gasteiger partial charge in [0.15, 0.2) is 5.78 Å². The summed E-state index contributed by atoms with van der Waals surface area (Å²) in [5.41, 5.74) is 1.54. The number of carbonyl (C=O) groups is 2. The molecule has 0 atom stereocenters. The fourth-order valence-electron chi connectivity index (χ4n) is 2.91. The van der Waals surface area contributed by atoms with Gasteiger partial charge < -0.3 is 10.1 Å². The fourth-order valence-corrected chi connectivity index (χ4v) is 3.85. The van der Waals surface area contributed by atoms with E-state index in [9.17, 15) is 22.4 Å². The average Bonchev–Trinajstić information content (AvgIpc) is 2.77. The van der Waals surface area contributed by atoms with E-state index in [1.165, 1.54) is 36.4 Å². The molecule has 0 aliphatic heterocycles. The van der Waals surface area contributed by atoms with Crippen molar-refractivity contribution in [3.05, 3.63) is 89.1 Å². The Morgan fingerprint density at radius 1 is 0.971 bits per heavy atom. The van der Waals surface area contributed by atoms with Crippen molar-refractivity contribution in [1.82, 2.24) is 9.97 Å². The number of sulfonamides is 1. The number of benzene rings is 2. The lowest BCUT2D eigenvalue weighted by Gasteiger charge is -2.11. The van der Waals surface area contributed by atoms with Gasteiger partial charge in [-0.05, 0) is 68.4 Å². The van der Waals surface area contributed by atoms with Gasteiger partial charge in [0.2, 0.25) is 5.95 Å². The number of aromatic nitrogens is 2. The van der Waals surface area contributed by atoms with Crippen LogP contribution in [-0.4, -0.2) is 37.2 Å². The summed E-state index contributed by atoms with van der Waals surface area (Å²) in [6.07, 6.45) is 1.02. The largest absolute Gasteiger partial charge is 0.464 e. The number of allylic oxidation sites excluding steroid dienone is 1. The summed E-state index contributed by atoms with van der Waals surface area (Å²) in [6.45, 7) is 3.44. The van der Waals surface area contributed by atoms with Gasteiger partial charge in [-0.15, -0.1) is 0 Å². The van der Waals surface area contributed by atoms with Crippen molar-refractivity contribution in [1.29, 1.82) is 0 Å². The number of ether oxygens (including phenoxy) is 1. The average molecular weight is 485 g/mol. The maximum Gasteiger partial charge on any atom is 0.354 e. The van der Waals surface area contributed by atoms with Crippen LogP contribution >= 0.6 is 0 Å². The predicted molar refractivity (Wildman–Crippen MR) is 123 cm³/mol. The molecule has 3 aromatic rings. The molecule has 0 radical (unpaired) electrons. The molecule has 0 unspecified atom stereocenters. The first kappa shape index (κ1) is 24.5. The van der Waals surface area contributed by atoms with E-state index in [2.05, 4.69) is 20.0 Å². The smallest absolute Gasteiger partial charge is 0.354 e. The molecule has 1 aromatic heterocycles. The van der Waals surface area contributed by atoms with Gasteiger partial charge in [0.05, 0.1) is 12.0 Å². The summed E-state index contributed by atoms with van der Waals surface area (Å²) in [5, 5.41) is 2.74. The number of carbonyl (C=O) groups excluding carboxylic acids is 2. The Morgan fingerprint density at radius 3 is 2.12 bits per heavy atom. The number of aryl methyl sites for hydroxylation is 2. The van der Waals surface area contributed by atoms with Gasteiger partial charge in [-0.1, -0.05) is 0 Å². The minimum Gasteiger partial charge on any atom is -0.464 e. The lowest BCUT2D eigenvalue weighted by molar-refractivity contribution is -0.135. The number of anilines is 2. The highest BCUT2D eigenvalue weighted by Crippen LogP contribution is 2.19. The Kier molecular flexibility index (Phi) is 7.37. The first-order valence-corrected chi connectivity index (χ1v) is 11.4. The minimum absolute atomic E-state index is 0.0464. The Bertz CT molecular complexity index is 1330. The van der Waals surface area contributed by atoms with Crippen molar-refractivity contribution in [3.63, 3.8) is 0 Å². The van der Waals surface area contributed by atoms with E-state index in [4.69, 9.17) is 4.74 Å². The monoisotopic (exact) mass is 484 g/mol. The van der Waals surface area contributed by atoms with Crippen LogP contribution in [0.1, 0.15) is 21.7 Å². The molecule has 11 heteroatoms. The first-order valence-electron chi connectivity index (χ1n) is 9.89. The van der Waals surface area contributed by atoms with Crippen molar-refractivity contribution in [2.75, 3.05) is 17.1 Å². The number of nitrogens with zero attached hydrogens (tertiary/aromatic N) is 2. The topological polar surface area (TPSA) is 127 Å². The number of nitrogens with one attached hydrogen (secondary N) is 2. The van der Waals surface area contributed by atoms with Crippen LogP contribution in [0.25, 0.3) is 0 Å². The van der Waals surface area contributed by atoms with Gasteiger partial charge in [0.25, 0.3) is 10.0 Å². The highest BCUT2D eigenvalue weighted by molar-refractivity contribution is 7.92. The molecule has 3 rings (SSSR count). The number of halogens is 1. The standard InChI is InChI=1S/C23H21FN4O5S/c1-14-12-15(2)26-23(25-14)28-34(31,32)19-10-8-18(9-11-19)27-20(22(30)33-3)13-21(29)16-4-6-17(24)7-5-16/h4-13,27H,1-3H3,(H,25,26,28)/b20-13-. The summed E-state index contributed by atoms with van der Waals surface area (Å²) >= 11 is 0. The lowest BCUT2D eigenvalue weighted by atomic mass is 10.1. The van der Waals surface area contributed by atoms with Gasteiger partial charge in [0.1, 0.15) is 11.5 Å². The molecule has 0 amide bonds. The molecular weight excluding hydrogens is 463 g/mol. The Morgan fingerprint density at radius 2 is 1.56 bits per heavy atom. The maximum atomic E-state index is 13.1. The van der Waals surface area contributed by atoms with Gasteiger partial charge in [-0.3, -0.25) is 4.79 Å². The number of esters is 1. The number of methoxy groups -OCH3 is 1. The van der Waals surface area contributed by atoms with Gasteiger partial charge in [-0.25, -0.2) is 32.3 Å². The van der Waals surface area contributed by atoms with Gasteiger partial charge >= 0.3 is 5.97 Å². The Hall–Kier alpha value is -4.12. The molecule has 0 bridgehead atoms. The number of rotatable bonds is 8. The summed E-state index contributed by atoms with van der Waals surface area (Å²) in [5.74, 6) is -1.92. The van der Waals surface area contributed by atoms with E-state index >= 15 is 0 Å². The maximum absolute atomic E-state index is 13.1. The second-order valence-electron chi connectivity index (χ2n) is 7.15. The predicted octanol–water partition coefficient (Wildman–Crippen LogP) is 3.39. The third-order valence-corrected chi connectivity index (χ3v) is 5.81. The second-order valence-corrected chi connectivity index (χ2v) is 8.83.